The zero-order chi connectivity index (χ0) is 16.7. The molecule has 0 fully saturated rings. The van der Waals surface area contributed by atoms with Crippen LogP contribution < -0.4 is 5.62 Å². The fraction of sp³-hybridized carbons (Fsp3) is 0.125. The molecule has 4 nitrogen and oxygen atoms in total. The molecule has 0 aliphatic carbocycles. The van der Waals surface area contributed by atoms with E-state index in [2.05, 4.69) is 15.9 Å². The minimum Gasteiger partial charge on any atom is -0.313 e. The fourth-order valence-electron chi connectivity index (χ4n) is 2.56. The van der Waals surface area contributed by atoms with Crippen LogP contribution in [0.4, 0.5) is 0 Å². The van der Waals surface area contributed by atoms with Crippen LogP contribution in [0.5, 0.6) is 0 Å². The van der Waals surface area contributed by atoms with E-state index < -0.39 is 0 Å². The number of rotatable bonds is 3. The van der Waals surface area contributed by atoms with Gasteiger partial charge in [-0.25, -0.2) is 0 Å². The molecule has 7 heteroatoms. The molecule has 1 N–H and O–H groups in total. The van der Waals surface area contributed by atoms with Crippen molar-refractivity contribution in [3.8, 4) is 0 Å². The number of para-hydroxylation sites is 1. The molecule has 0 bridgehead atoms. The molecule has 0 saturated heterocycles. The van der Waals surface area contributed by atoms with Crippen LogP contribution in [-0.4, -0.2) is 14.9 Å². The summed E-state index contributed by atoms with van der Waals surface area (Å²) in [6, 6.07) is 10.5. The first-order valence-electron chi connectivity index (χ1n) is 6.76. The Labute approximate surface area is 150 Å². The summed E-state index contributed by atoms with van der Waals surface area (Å²) in [5, 5.41) is 9.06. The van der Waals surface area contributed by atoms with Crippen molar-refractivity contribution in [1.29, 1.82) is 5.41 Å². The maximum Gasteiger partial charge on any atom is 0.203 e. The summed E-state index contributed by atoms with van der Waals surface area (Å²) in [6.45, 7) is 0.0357. The Morgan fingerprint density at radius 1 is 1.26 bits per heavy atom. The van der Waals surface area contributed by atoms with Gasteiger partial charge in [-0.05, 0) is 46.3 Å². The average molecular weight is 413 g/mol. The Bertz CT molecular complexity index is 991. The highest BCUT2D eigenvalue weighted by Gasteiger charge is 2.16. The normalized spacial score (nSPS) is 11.1. The van der Waals surface area contributed by atoms with Crippen LogP contribution in [0.2, 0.25) is 10.0 Å². The van der Waals surface area contributed by atoms with Crippen molar-refractivity contribution < 1.29 is 4.79 Å². The third-order valence-corrected chi connectivity index (χ3v) is 4.89. The van der Waals surface area contributed by atoms with Gasteiger partial charge in [0.25, 0.3) is 0 Å². The minimum absolute atomic E-state index is 0.0357. The van der Waals surface area contributed by atoms with Crippen molar-refractivity contribution in [3.63, 3.8) is 0 Å². The lowest BCUT2D eigenvalue weighted by Crippen LogP contribution is -2.26. The zero-order valence-electron chi connectivity index (χ0n) is 12.1. The number of carbonyl (C=O) groups is 1. The number of benzene rings is 2. The number of Topliss-reactive ketones (excluding diaryl/α,β-unsaturated/α-hetero) is 1. The van der Waals surface area contributed by atoms with E-state index in [-0.39, 0.29) is 17.9 Å². The van der Waals surface area contributed by atoms with Crippen molar-refractivity contribution >= 4 is 55.9 Å². The van der Waals surface area contributed by atoms with Gasteiger partial charge in [0.2, 0.25) is 5.62 Å². The molecule has 118 valence electrons. The summed E-state index contributed by atoms with van der Waals surface area (Å²) in [5.74, 6) is -0.169. The van der Waals surface area contributed by atoms with Gasteiger partial charge in [0, 0.05) is 22.1 Å². The second-order valence-electron chi connectivity index (χ2n) is 5.12. The highest BCUT2D eigenvalue weighted by Crippen LogP contribution is 2.24. The largest absolute Gasteiger partial charge is 0.313 e. The summed E-state index contributed by atoms with van der Waals surface area (Å²) in [5.41, 5.74) is 2.32. The van der Waals surface area contributed by atoms with E-state index in [0.717, 1.165) is 15.5 Å². The maximum atomic E-state index is 12.6. The van der Waals surface area contributed by atoms with E-state index in [0.29, 0.717) is 15.6 Å². The lowest BCUT2D eigenvalue weighted by atomic mass is 10.1. The predicted molar refractivity (Wildman–Crippen MR) is 95.3 cm³/mol. The van der Waals surface area contributed by atoms with Crippen LogP contribution in [0.25, 0.3) is 11.0 Å². The smallest absolute Gasteiger partial charge is 0.203 e. The summed E-state index contributed by atoms with van der Waals surface area (Å²) < 4.78 is 4.27. The van der Waals surface area contributed by atoms with Gasteiger partial charge in [0.05, 0.1) is 22.6 Å². The highest BCUT2D eigenvalue weighted by atomic mass is 79.9. The molecule has 23 heavy (non-hydrogen) atoms. The van der Waals surface area contributed by atoms with E-state index in [1.54, 1.807) is 34.4 Å². The summed E-state index contributed by atoms with van der Waals surface area (Å²) in [7, 11) is 1.80. The fourth-order valence-corrected chi connectivity index (χ4v) is 3.69. The molecule has 2 aromatic carbocycles. The number of hydrogen-bond acceptors (Lipinski definition) is 2. The molecule has 0 radical (unpaired) electrons. The monoisotopic (exact) mass is 411 g/mol. The Kier molecular flexibility index (Phi) is 4.36. The Hall–Kier alpha value is -1.56. The number of nitrogens with one attached hydrogen (secondary N) is 1. The second kappa shape index (κ2) is 6.15. The van der Waals surface area contributed by atoms with E-state index in [9.17, 15) is 4.79 Å². The van der Waals surface area contributed by atoms with Crippen molar-refractivity contribution in [2.45, 2.75) is 6.54 Å². The molecular weight excluding hydrogens is 401 g/mol. The number of nitrogens with zero attached hydrogens (tertiary/aromatic N) is 2. The van der Waals surface area contributed by atoms with E-state index in [1.165, 1.54) is 0 Å². The molecule has 1 aromatic heterocycles. The second-order valence-corrected chi connectivity index (χ2v) is 6.82. The predicted octanol–water partition coefficient (Wildman–Crippen LogP) is 4.41. The minimum atomic E-state index is -0.169. The number of halogens is 3. The molecule has 0 amide bonds. The van der Waals surface area contributed by atoms with Crippen LogP contribution >= 0.6 is 39.1 Å². The number of aromatic nitrogens is 2. The lowest BCUT2D eigenvalue weighted by molar-refractivity contribution is 0.0971. The Morgan fingerprint density at radius 3 is 2.70 bits per heavy atom. The van der Waals surface area contributed by atoms with Crippen molar-refractivity contribution in [2.75, 3.05) is 0 Å². The highest BCUT2D eigenvalue weighted by molar-refractivity contribution is 9.10. The molecular formula is C16H12BrCl2N3O. The summed E-state index contributed by atoms with van der Waals surface area (Å²) in [4.78, 5) is 12.6. The van der Waals surface area contributed by atoms with Gasteiger partial charge in [-0.3, -0.25) is 10.2 Å². The van der Waals surface area contributed by atoms with Crippen LogP contribution in [-0.2, 0) is 13.6 Å². The molecule has 0 saturated carbocycles. The number of imidazole rings is 1. The van der Waals surface area contributed by atoms with Crippen LogP contribution in [0.1, 0.15) is 10.4 Å². The summed E-state index contributed by atoms with van der Waals surface area (Å²) in [6.07, 6.45) is 0. The lowest BCUT2D eigenvalue weighted by Gasteiger charge is -2.06. The molecule has 0 aliphatic rings. The van der Waals surface area contributed by atoms with Gasteiger partial charge < -0.3 is 9.13 Å². The van der Waals surface area contributed by atoms with Gasteiger partial charge in [-0.15, -0.1) is 0 Å². The number of ketones is 1. The molecule has 1 heterocycles. The van der Waals surface area contributed by atoms with Crippen molar-refractivity contribution in [1.82, 2.24) is 9.13 Å². The van der Waals surface area contributed by atoms with Crippen molar-refractivity contribution in [2.24, 2.45) is 7.05 Å². The molecule has 0 spiro atoms. The van der Waals surface area contributed by atoms with Crippen LogP contribution in [0.3, 0.4) is 0 Å². The number of fused-ring (bicyclic) bond motifs is 1. The molecule has 0 unspecified atom stereocenters. The maximum absolute atomic E-state index is 12.6. The molecule has 3 aromatic rings. The van der Waals surface area contributed by atoms with Crippen LogP contribution in [0, 0.1) is 5.41 Å². The van der Waals surface area contributed by atoms with Gasteiger partial charge in [-0.1, -0.05) is 29.3 Å². The van der Waals surface area contributed by atoms with Crippen LogP contribution in [0.15, 0.2) is 40.9 Å². The number of aryl methyl sites for hydroxylation is 1. The Balaban J connectivity index is 2.09. The van der Waals surface area contributed by atoms with Gasteiger partial charge in [0.1, 0.15) is 0 Å². The number of hydrogen-bond donors (Lipinski definition) is 1. The topological polar surface area (TPSA) is 50.8 Å². The van der Waals surface area contributed by atoms with Gasteiger partial charge >= 0.3 is 0 Å². The first kappa shape index (κ1) is 16.3. The first-order chi connectivity index (χ1) is 10.9. The van der Waals surface area contributed by atoms with Gasteiger partial charge in [-0.2, -0.15) is 0 Å². The van der Waals surface area contributed by atoms with E-state index in [1.807, 2.05) is 18.2 Å². The standard InChI is InChI=1S/C16H12BrCl2N3O/c1-21-15-11(17)3-2-4-13(15)22(16(21)20)8-14(23)10-6-5-9(18)7-12(10)19/h2-7,20H,8H2,1H3. The molecule has 3 rings (SSSR count). The molecule has 0 aliphatic heterocycles. The van der Waals surface area contributed by atoms with Gasteiger partial charge in [0.15, 0.2) is 5.78 Å². The zero-order valence-corrected chi connectivity index (χ0v) is 15.2. The SMILES string of the molecule is Cn1c(=N)n(CC(=O)c2ccc(Cl)cc2Cl)c2cccc(Br)c21. The third kappa shape index (κ3) is 2.84. The third-order valence-electron chi connectivity index (χ3n) is 3.70. The van der Waals surface area contributed by atoms with E-state index in [4.69, 9.17) is 28.6 Å². The number of carbonyl (C=O) groups excluding carboxylic acids is 1. The van der Waals surface area contributed by atoms with Crippen molar-refractivity contribution in [3.05, 3.63) is 62.1 Å². The average Bonchev–Trinajstić information content (AvgIpc) is 2.73. The first-order valence-corrected chi connectivity index (χ1v) is 8.31. The Morgan fingerprint density at radius 2 is 2.00 bits per heavy atom. The van der Waals surface area contributed by atoms with E-state index >= 15 is 0 Å². The summed E-state index contributed by atoms with van der Waals surface area (Å²) >= 11 is 15.5. The molecule has 0 atom stereocenters. The quantitative estimate of drug-likeness (QED) is 0.636.